The minimum atomic E-state index is -0.605. The molecule has 6 heteroatoms. The van der Waals surface area contributed by atoms with Gasteiger partial charge in [0.05, 0.1) is 12.7 Å². The van der Waals surface area contributed by atoms with Crippen molar-refractivity contribution in [2.24, 2.45) is 0 Å². The summed E-state index contributed by atoms with van der Waals surface area (Å²) in [6, 6.07) is 6.51. The number of anilines is 1. The van der Waals surface area contributed by atoms with Crippen LogP contribution in [0.1, 0.15) is 46.6 Å². The number of ether oxygens (including phenoxy) is 1. The number of benzene rings is 1. The monoisotopic (exact) mass is 335 g/mol. The van der Waals surface area contributed by atoms with Gasteiger partial charge in [0.1, 0.15) is 6.04 Å². The van der Waals surface area contributed by atoms with Crippen molar-refractivity contribution in [2.45, 2.75) is 65.8 Å². The predicted octanol–water partition coefficient (Wildman–Crippen LogP) is 3.04. The Morgan fingerprint density at radius 2 is 1.83 bits per heavy atom. The molecule has 0 saturated heterocycles. The molecule has 6 nitrogen and oxygen atoms in total. The lowest BCUT2D eigenvalue weighted by atomic mass is 10.2. The van der Waals surface area contributed by atoms with E-state index in [-0.39, 0.29) is 18.1 Å². The van der Waals surface area contributed by atoms with Crippen LogP contribution in [-0.2, 0) is 16.1 Å². The van der Waals surface area contributed by atoms with Gasteiger partial charge in [0.15, 0.2) is 0 Å². The lowest BCUT2D eigenvalue weighted by Gasteiger charge is -2.18. The van der Waals surface area contributed by atoms with Crippen LogP contribution >= 0.6 is 0 Å². The van der Waals surface area contributed by atoms with E-state index in [2.05, 4.69) is 16.0 Å². The maximum Gasteiger partial charge on any atom is 0.319 e. The van der Waals surface area contributed by atoms with Gasteiger partial charge in [-0.3, -0.25) is 4.79 Å². The summed E-state index contributed by atoms with van der Waals surface area (Å²) in [4.78, 5) is 24.0. The van der Waals surface area contributed by atoms with Crippen molar-refractivity contribution in [1.82, 2.24) is 10.6 Å². The molecule has 0 bridgehead atoms. The zero-order chi connectivity index (χ0) is 18.1. The zero-order valence-corrected chi connectivity index (χ0v) is 15.2. The average molecular weight is 335 g/mol. The number of carbonyl (C=O) groups excluding carboxylic acids is 2. The van der Waals surface area contributed by atoms with Gasteiger partial charge < -0.3 is 20.7 Å². The summed E-state index contributed by atoms with van der Waals surface area (Å²) >= 11 is 0. The third kappa shape index (κ3) is 7.46. The zero-order valence-electron chi connectivity index (χ0n) is 15.2. The van der Waals surface area contributed by atoms with Crippen LogP contribution in [0, 0.1) is 0 Å². The summed E-state index contributed by atoms with van der Waals surface area (Å²) < 4.78 is 5.55. The molecule has 1 aromatic carbocycles. The fourth-order valence-electron chi connectivity index (χ4n) is 1.90. The van der Waals surface area contributed by atoms with Gasteiger partial charge in [-0.1, -0.05) is 19.1 Å². The first-order valence-corrected chi connectivity index (χ1v) is 8.40. The Kier molecular flexibility index (Phi) is 8.26. The predicted molar refractivity (Wildman–Crippen MR) is 95.9 cm³/mol. The standard InChI is InChI=1S/C18H29N3O3/c1-6-13(4)19-17(22)14(5)20-18(23)21-16-9-7-8-15(10-16)11-24-12(2)3/h7-10,12-14H,6,11H2,1-5H3,(H,19,22)(H2,20,21,23)/t13-,14-/m0/s1. The third-order valence-electron chi connectivity index (χ3n) is 3.51. The molecule has 0 aromatic heterocycles. The van der Waals surface area contributed by atoms with E-state index in [1.54, 1.807) is 13.0 Å². The molecule has 1 rings (SSSR count). The molecule has 3 N–H and O–H groups in total. The van der Waals surface area contributed by atoms with Crippen molar-refractivity contribution >= 4 is 17.6 Å². The second-order valence-electron chi connectivity index (χ2n) is 6.20. The van der Waals surface area contributed by atoms with Gasteiger partial charge in [0, 0.05) is 11.7 Å². The van der Waals surface area contributed by atoms with Gasteiger partial charge in [-0.2, -0.15) is 0 Å². The molecule has 0 aliphatic carbocycles. The van der Waals surface area contributed by atoms with Gasteiger partial charge in [-0.15, -0.1) is 0 Å². The molecule has 24 heavy (non-hydrogen) atoms. The number of urea groups is 1. The van der Waals surface area contributed by atoms with Gasteiger partial charge in [0.2, 0.25) is 5.91 Å². The van der Waals surface area contributed by atoms with Gasteiger partial charge >= 0.3 is 6.03 Å². The first-order chi connectivity index (χ1) is 11.3. The fourth-order valence-corrected chi connectivity index (χ4v) is 1.90. The van der Waals surface area contributed by atoms with Crippen LogP contribution in [0.5, 0.6) is 0 Å². The SMILES string of the molecule is CC[C@H](C)NC(=O)[C@H](C)NC(=O)Nc1cccc(COC(C)C)c1. The summed E-state index contributed by atoms with van der Waals surface area (Å²) in [7, 11) is 0. The third-order valence-corrected chi connectivity index (χ3v) is 3.51. The lowest BCUT2D eigenvalue weighted by Crippen LogP contribution is -2.48. The maximum atomic E-state index is 12.0. The first-order valence-electron chi connectivity index (χ1n) is 8.40. The summed E-state index contributed by atoms with van der Waals surface area (Å²) in [5.74, 6) is -0.196. The van der Waals surface area contributed by atoms with E-state index >= 15 is 0 Å². The fraction of sp³-hybridized carbons (Fsp3) is 0.556. The van der Waals surface area contributed by atoms with E-state index in [9.17, 15) is 9.59 Å². The first kappa shape index (κ1) is 20.0. The summed E-state index contributed by atoms with van der Waals surface area (Å²) in [5, 5.41) is 8.21. The second kappa shape index (κ2) is 9.93. The topological polar surface area (TPSA) is 79.5 Å². The molecule has 1 aromatic rings. The highest BCUT2D eigenvalue weighted by atomic mass is 16.5. The lowest BCUT2D eigenvalue weighted by molar-refractivity contribution is -0.123. The van der Waals surface area contributed by atoms with Crippen LogP contribution in [0.4, 0.5) is 10.5 Å². The van der Waals surface area contributed by atoms with Crippen LogP contribution < -0.4 is 16.0 Å². The van der Waals surface area contributed by atoms with E-state index in [1.165, 1.54) is 0 Å². The van der Waals surface area contributed by atoms with Gasteiger partial charge in [0.25, 0.3) is 0 Å². The van der Waals surface area contributed by atoms with E-state index in [1.807, 2.05) is 45.9 Å². The van der Waals surface area contributed by atoms with E-state index in [0.717, 1.165) is 12.0 Å². The van der Waals surface area contributed by atoms with Crippen LogP contribution in [0.3, 0.4) is 0 Å². The van der Waals surface area contributed by atoms with Crippen molar-refractivity contribution in [3.63, 3.8) is 0 Å². The smallest absolute Gasteiger partial charge is 0.319 e. The van der Waals surface area contributed by atoms with E-state index < -0.39 is 12.1 Å². The Morgan fingerprint density at radius 3 is 2.46 bits per heavy atom. The molecule has 0 saturated carbocycles. The molecule has 3 amide bonds. The molecule has 134 valence electrons. The quantitative estimate of drug-likeness (QED) is 0.683. The molecule has 2 atom stereocenters. The van der Waals surface area contributed by atoms with E-state index in [0.29, 0.717) is 12.3 Å². The largest absolute Gasteiger partial charge is 0.374 e. The number of carbonyl (C=O) groups is 2. The number of hydrogen-bond acceptors (Lipinski definition) is 3. The Bertz CT molecular complexity index is 546. The number of nitrogens with one attached hydrogen (secondary N) is 3. The molecule has 0 aliphatic heterocycles. The van der Waals surface area contributed by atoms with Crippen LogP contribution in [-0.4, -0.2) is 30.1 Å². The average Bonchev–Trinajstić information content (AvgIpc) is 2.52. The molecule has 0 aliphatic rings. The highest BCUT2D eigenvalue weighted by molar-refractivity contribution is 5.93. The normalized spacial score (nSPS) is 13.2. The van der Waals surface area contributed by atoms with E-state index in [4.69, 9.17) is 4.74 Å². The maximum absolute atomic E-state index is 12.0. The van der Waals surface area contributed by atoms with Crippen molar-refractivity contribution in [3.8, 4) is 0 Å². The molecular formula is C18H29N3O3. The van der Waals surface area contributed by atoms with Gasteiger partial charge in [-0.25, -0.2) is 4.79 Å². The molecule has 0 spiro atoms. The summed E-state index contributed by atoms with van der Waals surface area (Å²) in [6.07, 6.45) is 0.991. The summed E-state index contributed by atoms with van der Waals surface area (Å²) in [6.45, 7) is 10.0. The minimum Gasteiger partial charge on any atom is -0.374 e. The number of rotatable bonds is 8. The molecule has 0 heterocycles. The van der Waals surface area contributed by atoms with Crippen molar-refractivity contribution in [3.05, 3.63) is 29.8 Å². The van der Waals surface area contributed by atoms with Crippen molar-refractivity contribution in [2.75, 3.05) is 5.32 Å². The number of amides is 3. The minimum absolute atomic E-state index is 0.0856. The van der Waals surface area contributed by atoms with Crippen molar-refractivity contribution < 1.29 is 14.3 Å². The highest BCUT2D eigenvalue weighted by Crippen LogP contribution is 2.12. The van der Waals surface area contributed by atoms with Crippen LogP contribution in [0.2, 0.25) is 0 Å². The Labute approximate surface area is 144 Å². The van der Waals surface area contributed by atoms with Gasteiger partial charge in [-0.05, 0) is 51.8 Å². The Morgan fingerprint density at radius 1 is 1.12 bits per heavy atom. The van der Waals surface area contributed by atoms with Crippen LogP contribution in [0.15, 0.2) is 24.3 Å². The Hall–Kier alpha value is -2.08. The van der Waals surface area contributed by atoms with Crippen molar-refractivity contribution in [1.29, 1.82) is 0 Å². The summed E-state index contributed by atoms with van der Waals surface area (Å²) in [5.41, 5.74) is 1.64. The number of hydrogen-bond donors (Lipinski definition) is 3. The molecule has 0 fully saturated rings. The molecule has 0 unspecified atom stereocenters. The van der Waals surface area contributed by atoms with Crippen LogP contribution in [0.25, 0.3) is 0 Å². The second-order valence-corrected chi connectivity index (χ2v) is 6.20. The highest BCUT2D eigenvalue weighted by Gasteiger charge is 2.16. The Balaban J connectivity index is 2.52. The molecule has 0 radical (unpaired) electrons. The molecular weight excluding hydrogens is 306 g/mol.